The van der Waals surface area contributed by atoms with Crippen molar-refractivity contribution in [3.63, 3.8) is 0 Å². The lowest BCUT2D eigenvalue weighted by Gasteiger charge is -1.82. The number of carbonyl (C=O) groups is 1. The number of hydrogen-bond donors (Lipinski definition) is 0. The molecule has 1 aromatic heterocycles. The van der Waals surface area contributed by atoms with Crippen molar-refractivity contribution in [2.24, 2.45) is 0 Å². The third kappa shape index (κ3) is 1.58. The molecule has 0 fully saturated rings. The topological polar surface area (TPSA) is 30.0 Å². The van der Waals surface area contributed by atoms with Crippen molar-refractivity contribution in [3.05, 3.63) is 11.1 Å². The van der Waals surface area contributed by atoms with E-state index in [-0.39, 0.29) is 5.78 Å². The molecule has 0 aromatic carbocycles. The molecule has 0 radical (unpaired) electrons. The molecule has 54 valence electrons. The van der Waals surface area contributed by atoms with E-state index in [1.54, 1.807) is 17.1 Å². The summed E-state index contributed by atoms with van der Waals surface area (Å²) in [6, 6.07) is 0. The van der Waals surface area contributed by atoms with Crippen molar-refractivity contribution < 1.29 is 4.79 Å². The molecule has 0 aliphatic carbocycles. The molecule has 1 heterocycles. The summed E-state index contributed by atoms with van der Waals surface area (Å²) < 4.78 is 0.949. The second-order valence-electron chi connectivity index (χ2n) is 1.76. The summed E-state index contributed by atoms with van der Waals surface area (Å²) in [6.45, 7) is 1.53. The molecule has 0 aliphatic heterocycles. The zero-order valence-corrected chi connectivity index (χ0v) is 7.38. The van der Waals surface area contributed by atoms with Gasteiger partial charge in [-0.05, 0) is 6.26 Å². The predicted octanol–water partition coefficient (Wildman–Crippen LogP) is 2.07. The number of thioether (sulfide) groups is 1. The number of Topliss-reactive ketones (excluding diaryl/α,β-unsaturated/α-hetero) is 1. The fourth-order valence-electron chi connectivity index (χ4n) is 0.513. The first kappa shape index (κ1) is 7.75. The summed E-state index contributed by atoms with van der Waals surface area (Å²) in [7, 11) is 0. The van der Waals surface area contributed by atoms with Gasteiger partial charge in [0.1, 0.15) is 10.0 Å². The van der Waals surface area contributed by atoms with Gasteiger partial charge in [-0.25, -0.2) is 4.98 Å². The fourth-order valence-corrected chi connectivity index (χ4v) is 1.81. The van der Waals surface area contributed by atoms with Gasteiger partial charge in [-0.2, -0.15) is 0 Å². The Morgan fingerprint density at radius 3 is 2.80 bits per heavy atom. The van der Waals surface area contributed by atoms with E-state index in [4.69, 9.17) is 0 Å². The molecule has 2 nitrogen and oxygen atoms in total. The minimum atomic E-state index is 0.0385. The second-order valence-corrected chi connectivity index (χ2v) is 3.67. The number of aromatic nitrogens is 1. The van der Waals surface area contributed by atoms with Crippen LogP contribution in [0, 0.1) is 0 Å². The molecule has 4 heteroatoms. The SMILES string of the molecule is CSc1nc(C(C)=O)cs1. The number of rotatable bonds is 2. The predicted molar refractivity (Wildman–Crippen MR) is 43.9 cm³/mol. The van der Waals surface area contributed by atoms with E-state index in [0.29, 0.717) is 5.69 Å². The quantitative estimate of drug-likeness (QED) is 0.506. The van der Waals surface area contributed by atoms with E-state index in [1.807, 2.05) is 6.26 Å². The minimum absolute atomic E-state index is 0.0385. The fraction of sp³-hybridized carbons (Fsp3) is 0.333. The summed E-state index contributed by atoms with van der Waals surface area (Å²) in [4.78, 5) is 14.8. The second kappa shape index (κ2) is 3.16. The lowest BCUT2D eigenvalue weighted by Crippen LogP contribution is -1.90. The Hall–Kier alpha value is -0.350. The van der Waals surface area contributed by atoms with Crippen LogP contribution in [0.3, 0.4) is 0 Å². The molecule has 0 N–H and O–H groups in total. The first-order valence-corrected chi connectivity index (χ1v) is 4.85. The standard InChI is InChI=1S/C6H7NOS2/c1-4(8)5-3-10-6(7-5)9-2/h3H,1-2H3. The normalized spacial score (nSPS) is 9.80. The van der Waals surface area contributed by atoms with Gasteiger partial charge >= 0.3 is 0 Å². The van der Waals surface area contributed by atoms with Crippen LogP contribution in [0.5, 0.6) is 0 Å². The van der Waals surface area contributed by atoms with Crippen molar-refractivity contribution in [3.8, 4) is 0 Å². The molecule has 1 aromatic rings. The third-order valence-electron chi connectivity index (χ3n) is 1.02. The molecule has 0 atom stereocenters. The van der Waals surface area contributed by atoms with Crippen molar-refractivity contribution >= 4 is 28.9 Å². The van der Waals surface area contributed by atoms with E-state index in [9.17, 15) is 4.79 Å². The van der Waals surface area contributed by atoms with Gasteiger partial charge in [-0.15, -0.1) is 11.3 Å². The first-order chi connectivity index (χ1) is 4.74. The van der Waals surface area contributed by atoms with Crippen LogP contribution in [-0.4, -0.2) is 17.0 Å². The number of carbonyl (C=O) groups excluding carboxylic acids is 1. The molecule has 10 heavy (non-hydrogen) atoms. The summed E-state index contributed by atoms with van der Waals surface area (Å²) in [5.41, 5.74) is 0.578. The molecule has 0 saturated heterocycles. The monoisotopic (exact) mass is 173 g/mol. The Labute approximate surface area is 67.7 Å². The summed E-state index contributed by atoms with van der Waals surface area (Å²) in [6.07, 6.45) is 1.95. The molecule has 1 rings (SSSR count). The summed E-state index contributed by atoms with van der Waals surface area (Å²) in [5.74, 6) is 0.0385. The van der Waals surface area contributed by atoms with Crippen molar-refractivity contribution in [2.45, 2.75) is 11.3 Å². The number of hydrogen-bond acceptors (Lipinski definition) is 4. The first-order valence-electron chi connectivity index (χ1n) is 2.74. The number of thiazole rings is 1. The molecular weight excluding hydrogens is 166 g/mol. The highest BCUT2D eigenvalue weighted by molar-refractivity contribution is 8.00. The van der Waals surface area contributed by atoms with Gasteiger partial charge in [0.25, 0.3) is 0 Å². The molecule has 0 saturated carbocycles. The van der Waals surface area contributed by atoms with Gasteiger partial charge in [0.2, 0.25) is 0 Å². The van der Waals surface area contributed by atoms with E-state index in [1.165, 1.54) is 18.3 Å². The van der Waals surface area contributed by atoms with Gasteiger partial charge in [0.05, 0.1) is 0 Å². The Morgan fingerprint density at radius 1 is 1.80 bits per heavy atom. The van der Waals surface area contributed by atoms with Crippen LogP contribution in [-0.2, 0) is 0 Å². The maximum atomic E-state index is 10.7. The van der Waals surface area contributed by atoms with E-state index < -0.39 is 0 Å². The van der Waals surface area contributed by atoms with E-state index in [0.717, 1.165) is 4.34 Å². The molecular formula is C6H7NOS2. The Balaban J connectivity index is 2.88. The molecule has 0 aliphatic rings. The van der Waals surface area contributed by atoms with Crippen molar-refractivity contribution in [2.75, 3.05) is 6.26 Å². The average molecular weight is 173 g/mol. The van der Waals surface area contributed by atoms with Crippen LogP contribution in [0.4, 0.5) is 0 Å². The summed E-state index contributed by atoms with van der Waals surface area (Å²) >= 11 is 3.07. The highest BCUT2D eigenvalue weighted by atomic mass is 32.2. The largest absolute Gasteiger partial charge is 0.293 e. The highest BCUT2D eigenvalue weighted by Gasteiger charge is 2.03. The van der Waals surface area contributed by atoms with Crippen molar-refractivity contribution in [1.82, 2.24) is 4.98 Å². The van der Waals surface area contributed by atoms with Crippen LogP contribution in [0.15, 0.2) is 9.72 Å². The van der Waals surface area contributed by atoms with Gasteiger partial charge in [0, 0.05) is 12.3 Å². The molecule has 0 bridgehead atoms. The highest BCUT2D eigenvalue weighted by Crippen LogP contribution is 2.19. The van der Waals surface area contributed by atoms with Crippen LogP contribution < -0.4 is 0 Å². The zero-order valence-electron chi connectivity index (χ0n) is 5.75. The smallest absolute Gasteiger partial charge is 0.179 e. The Morgan fingerprint density at radius 2 is 2.50 bits per heavy atom. The van der Waals surface area contributed by atoms with Gasteiger partial charge in [0.15, 0.2) is 5.78 Å². The zero-order chi connectivity index (χ0) is 7.56. The Bertz CT molecular complexity index is 244. The van der Waals surface area contributed by atoms with Crippen LogP contribution in [0.2, 0.25) is 0 Å². The van der Waals surface area contributed by atoms with Gasteiger partial charge in [-0.3, -0.25) is 4.79 Å². The Kier molecular flexibility index (Phi) is 2.45. The average Bonchev–Trinajstić information content (AvgIpc) is 2.34. The molecule has 0 spiro atoms. The van der Waals surface area contributed by atoms with E-state index >= 15 is 0 Å². The van der Waals surface area contributed by atoms with Gasteiger partial charge < -0.3 is 0 Å². The van der Waals surface area contributed by atoms with Crippen LogP contribution >= 0.6 is 23.1 Å². The molecule has 0 amide bonds. The third-order valence-corrected chi connectivity index (χ3v) is 2.88. The number of ketones is 1. The maximum absolute atomic E-state index is 10.7. The van der Waals surface area contributed by atoms with E-state index in [2.05, 4.69) is 4.98 Å². The maximum Gasteiger partial charge on any atom is 0.179 e. The van der Waals surface area contributed by atoms with Crippen LogP contribution in [0.25, 0.3) is 0 Å². The van der Waals surface area contributed by atoms with Crippen LogP contribution in [0.1, 0.15) is 17.4 Å². The lowest BCUT2D eigenvalue weighted by atomic mass is 10.4. The summed E-state index contributed by atoms with van der Waals surface area (Å²) in [5, 5.41) is 1.79. The minimum Gasteiger partial charge on any atom is -0.293 e. The van der Waals surface area contributed by atoms with Crippen molar-refractivity contribution in [1.29, 1.82) is 0 Å². The molecule has 0 unspecified atom stereocenters. The van der Waals surface area contributed by atoms with Gasteiger partial charge in [-0.1, -0.05) is 11.8 Å². The number of nitrogens with zero attached hydrogens (tertiary/aromatic N) is 1. The lowest BCUT2D eigenvalue weighted by molar-refractivity contribution is 0.101.